The minimum atomic E-state index is -2.59. The van der Waals surface area contributed by atoms with E-state index in [1.165, 1.54) is 16.7 Å². The number of carbonyl (C=O) groups is 1. The van der Waals surface area contributed by atoms with E-state index in [0.29, 0.717) is 55.2 Å². The number of aryl methyl sites for hydroxylation is 1. The molecule has 2 aromatic rings. The number of aromatic nitrogens is 4. The van der Waals surface area contributed by atoms with Gasteiger partial charge in [0.2, 0.25) is 11.8 Å². The van der Waals surface area contributed by atoms with Gasteiger partial charge in [-0.15, -0.1) is 0 Å². The van der Waals surface area contributed by atoms with Gasteiger partial charge in [-0.05, 0) is 37.7 Å². The fourth-order valence-electron chi connectivity index (χ4n) is 4.02. The van der Waals surface area contributed by atoms with Gasteiger partial charge in [0, 0.05) is 25.1 Å². The van der Waals surface area contributed by atoms with Gasteiger partial charge in [-0.25, -0.2) is 27.6 Å². The zero-order valence-corrected chi connectivity index (χ0v) is 18.1. The average Bonchev–Trinajstić information content (AvgIpc) is 3.12. The van der Waals surface area contributed by atoms with Crippen LogP contribution in [0.5, 0.6) is 5.88 Å². The first-order valence-corrected chi connectivity index (χ1v) is 10.6. The maximum absolute atomic E-state index is 13.5. The summed E-state index contributed by atoms with van der Waals surface area (Å²) in [6, 6.07) is 1.70. The Labute approximate surface area is 183 Å². The Kier molecular flexibility index (Phi) is 6.25. The first-order valence-electron chi connectivity index (χ1n) is 10.6. The number of hydrogen-bond acceptors (Lipinski definition) is 6. The summed E-state index contributed by atoms with van der Waals surface area (Å²) < 4.78 is 52.2. The Balaban J connectivity index is 1.53. The van der Waals surface area contributed by atoms with Gasteiger partial charge in [-0.3, -0.25) is 0 Å². The van der Waals surface area contributed by atoms with E-state index >= 15 is 0 Å². The summed E-state index contributed by atoms with van der Waals surface area (Å²) in [5.41, 5.74) is 1.62. The van der Waals surface area contributed by atoms with Crippen molar-refractivity contribution in [2.45, 2.75) is 57.7 Å². The molecule has 0 aromatic carbocycles. The molecule has 0 atom stereocenters. The van der Waals surface area contributed by atoms with E-state index in [9.17, 15) is 18.0 Å². The van der Waals surface area contributed by atoms with Crippen molar-refractivity contribution in [1.29, 1.82) is 0 Å². The van der Waals surface area contributed by atoms with Crippen LogP contribution >= 0.6 is 0 Å². The van der Waals surface area contributed by atoms with Gasteiger partial charge in [0.15, 0.2) is 0 Å². The lowest BCUT2D eigenvalue weighted by Crippen LogP contribution is -2.56. The van der Waals surface area contributed by atoms with Crippen LogP contribution in [0.25, 0.3) is 5.95 Å². The van der Waals surface area contributed by atoms with Gasteiger partial charge in [-0.1, -0.05) is 0 Å². The van der Waals surface area contributed by atoms with Gasteiger partial charge in [0.05, 0.1) is 31.6 Å². The number of ether oxygens (including phenoxy) is 2. The van der Waals surface area contributed by atoms with Crippen LogP contribution in [0.4, 0.5) is 18.0 Å². The first-order chi connectivity index (χ1) is 15.3. The van der Waals surface area contributed by atoms with Crippen molar-refractivity contribution in [2.75, 3.05) is 20.2 Å². The van der Waals surface area contributed by atoms with E-state index in [1.807, 2.05) is 0 Å². The highest BCUT2D eigenvalue weighted by Gasteiger charge is 2.36. The fraction of sp³-hybridized carbons (Fsp3) is 0.619. The molecular formula is C21H26F3N5O3. The van der Waals surface area contributed by atoms with Gasteiger partial charge in [0.1, 0.15) is 12.8 Å². The maximum Gasteiger partial charge on any atom is 0.409 e. The number of carbonyl (C=O) groups excluding carboxylic acids is 1. The second kappa shape index (κ2) is 8.95. The maximum atomic E-state index is 13.5. The summed E-state index contributed by atoms with van der Waals surface area (Å²) in [6.07, 6.45) is 2.08. The third kappa shape index (κ3) is 4.97. The highest BCUT2D eigenvalue weighted by Crippen LogP contribution is 2.37. The standard InChI is InChI=1S/C21H26F3N5O3/c1-13-10-29(27-17(13)9-22)19-25-15(7-14-3-5-21(23,24)6-4-14)8-18(26-19)32-16-11-28(12-16)20(30)31-2/h8,10,14,16H,3-7,9,11-12H2,1-2H3. The minimum absolute atomic E-state index is 0.0875. The number of hydrogen-bond donors (Lipinski definition) is 0. The van der Waals surface area contributed by atoms with Crippen molar-refractivity contribution in [2.24, 2.45) is 5.92 Å². The number of nitrogens with zero attached hydrogens (tertiary/aromatic N) is 5. The van der Waals surface area contributed by atoms with Crippen LogP contribution in [0.2, 0.25) is 0 Å². The Morgan fingerprint density at radius 2 is 1.97 bits per heavy atom. The van der Waals surface area contributed by atoms with Gasteiger partial charge in [0.25, 0.3) is 5.95 Å². The Bertz CT molecular complexity index is 968. The number of methoxy groups -OCH3 is 1. The Morgan fingerprint density at radius 1 is 1.25 bits per heavy atom. The monoisotopic (exact) mass is 453 g/mol. The molecule has 1 saturated heterocycles. The summed E-state index contributed by atoms with van der Waals surface area (Å²) in [5, 5.41) is 4.20. The molecule has 1 saturated carbocycles. The van der Waals surface area contributed by atoms with Crippen LogP contribution in [0.3, 0.4) is 0 Å². The number of rotatable bonds is 6. The minimum Gasteiger partial charge on any atom is -0.470 e. The average molecular weight is 453 g/mol. The second-order valence-corrected chi connectivity index (χ2v) is 8.45. The molecule has 1 amide bonds. The van der Waals surface area contributed by atoms with Crippen molar-refractivity contribution in [1.82, 2.24) is 24.6 Å². The second-order valence-electron chi connectivity index (χ2n) is 8.45. The predicted octanol–water partition coefficient (Wildman–Crippen LogP) is 3.64. The largest absolute Gasteiger partial charge is 0.470 e. The Morgan fingerprint density at radius 3 is 2.59 bits per heavy atom. The van der Waals surface area contributed by atoms with Crippen molar-refractivity contribution in [3.05, 3.63) is 29.2 Å². The fourth-order valence-corrected chi connectivity index (χ4v) is 4.02. The van der Waals surface area contributed by atoms with Gasteiger partial charge >= 0.3 is 6.09 Å². The molecular weight excluding hydrogens is 427 g/mol. The van der Waals surface area contributed by atoms with Crippen LogP contribution in [-0.2, 0) is 17.8 Å². The molecule has 2 aromatic heterocycles. The third-order valence-electron chi connectivity index (χ3n) is 5.98. The molecule has 0 bridgehead atoms. The van der Waals surface area contributed by atoms with Crippen LogP contribution < -0.4 is 4.74 Å². The molecule has 4 rings (SSSR count). The van der Waals surface area contributed by atoms with E-state index in [1.54, 1.807) is 19.2 Å². The quantitative estimate of drug-likeness (QED) is 0.664. The summed E-state index contributed by atoms with van der Waals surface area (Å²) >= 11 is 0. The van der Waals surface area contributed by atoms with E-state index in [0.717, 1.165) is 0 Å². The molecule has 0 spiro atoms. The molecule has 32 heavy (non-hydrogen) atoms. The molecule has 11 heteroatoms. The van der Waals surface area contributed by atoms with Crippen molar-refractivity contribution in [3.8, 4) is 11.8 Å². The zero-order chi connectivity index (χ0) is 22.9. The van der Waals surface area contributed by atoms with Crippen molar-refractivity contribution in [3.63, 3.8) is 0 Å². The molecule has 3 heterocycles. The SMILES string of the molecule is COC(=O)N1CC(Oc2cc(CC3CCC(F)(F)CC3)nc(-n3cc(C)c(CF)n3)n2)C1. The number of alkyl halides is 3. The summed E-state index contributed by atoms with van der Waals surface area (Å²) in [4.78, 5) is 22.0. The normalized spacial score (nSPS) is 19.0. The molecule has 1 aliphatic heterocycles. The molecule has 2 fully saturated rings. The molecule has 2 aliphatic rings. The van der Waals surface area contributed by atoms with E-state index in [-0.39, 0.29) is 30.8 Å². The van der Waals surface area contributed by atoms with E-state index in [2.05, 4.69) is 19.8 Å². The summed E-state index contributed by atoms with van der Waals surface area (Å²) in [6.45, 7) is 1.78. The summed E-state index contributed by atoms with van der Waals surface area (Å²) in [7, 11) is 1.32. The first kappa shape index (κ1) is 22.3. The molecule has 8 nitrogen and oxygen atoms in total. The molecule has 0 radical (unpaired) electrons. The van der Waals surface area contributed by atoms with Crippen LogP contribution in [0.15, 0.2) is 12.3 Å². The van der Waals surface area contributed by atoms with Crippen LogP contribution in [-0.4, -0.2) is 63.0 Å². The van der Waals surface area contributed by atoms with Crippen LogP contribution in [0.1, 0.15) is 42.6 Å². The number of likely N-dealkylation sites (tertiary alicyclic amines) is 1. The van der Waals surface area contributed by atoms with Gasteiger partial charge in [-0.2, -0.15) is 10.1 Å². The zero-order valence-electron chi connectivity index (χ0n) is 18.1. The molecule has 174 valence electrons. The number of halogens is 3. The molecule has 0 N–H and O–H groups in total. The predicted molar refractivity (Wildman–Crippen MR) is 108 cm³/mol. The molecule has 1 aliphatic carbocycles. The van der Waals surface area contributed by atoms with E-state index < -0.39 is 18.7 Å². The lowest BCUT2D eigenvalue weighted by molar-refractivity contribution is -0.0457. The van der Waals surface area contributed by atoms with Gasteiger partial charge < -0.3 is 14.4 Å². The highest BCUT2D eigenvalue weighted by molar-refractivity contribution is 5.68. The Hall–Kier alpha value is -2.85. The number of amides is 1. The van der Waals surface area contributed by atoms with Crippen LogP contribution in [0, 0.1) is 12.8 Å². The smallest absolute Gasteiger partial charge is 0.409 e. The lowest BCUT2D eigenvalue weighted by atomic mass is 9.84. The highest BCUT2D eigenvalue weighted by atomic mass is 19.3. The van der Waals surface area contributed by atoms with Crippen molar-refractivity contribution >= 4 is 6.09 Å². The summed E-state index contributed by atoms with van der Waals surface area (Å²) in [5.74, 6) is -1.97. The molecule has 0 unspecified atom stereocenters. The van der Waals surface area contributed by atoms with Crippen molar-refractivity contribution < 1.29 is 27.4 Å². The lowest BCUT2D eigenvalue weighted by Gasteiger charge is -2.37. The van der Waals surface area contributed by atoms with E-state index in [4.69, 9.17) is 4.74 Å². The third-order valence-corrected chi connectivity index (χ3v) is 5.98. The topological polar surface area (TPSA) is 82.4 Å².